The number of nitrogens with one attached hydrogen (secondary N) is 3. The molecule has 2 atom stereocenters. The van der Waals surface area contributed by atoms with Crippen molar-refractivity contribution in [1.82, 2.24) is 16.0 Å². The number of benzene rings is 1. The second-order valence-corrected chi connectivity index (χ2v) is 12.5. The van der Waals surface area contributed by atoms with Gasteiger partial charge in [0.15, 0.2) is 9.84 Å². The van der Waals surface area contributed by atoms with E-state index in [9.17, 15) is 27.6 Å². The Morgan fingerprint density at radius 2 is 1.67 bits per heavy atom. The average molecular weight is 568 g/mol. The minimum absolute atomic E-state index is 0.0201. The summed E-state index contributed by atoms with van der Waals surface area (Å²) in [6.07, 6.45) is 1.81. The van der Waals surface area contributed by atoms with Gasteiger partial charge >= 0.3 is 12.1 Å². The number of sulfone groups is 1. The van der Waals surface area contributed by atoms with Crippen LogP contribution in [-0.2, 0) is 40.3 Å². The van der Waals surface area contributed by atoms with Crippen molar-refractivity contribution in [3.63, 3.8) is 0 Å². The monoisotopic (exact) mass is 567 g/mol. The van der Waals surface area contributed by atoms with Crippen molar-refractivity contribution in [2.45, 2.75) is 78.2 Å². The zero-order chi connectivity index (χ0) is 29.6. The van der Waals surface area contributed by atoms with Gasteiger partial charge in [-0.3, -0.25) is 14.4 Å². The van der Waals surface area contributed by atoms with Gasteiger partial charge in [0.05, 0.1) is 6.54 Å². The number of rotatable bonds is 14. The van der Waals surface area contributed by atoms with Crippen LogP contribution in [0.4, 0.5) is 4.79 Å². The Morgan fingerprint density at radius 1 is 1.03 bits per heavy atom. The molecule has 0 bridgehead atoms. The summed E-state index contributed by atoms with van der Waals surface area (Å²) in [7, 11) is -3.38. The van der Waals surface area contributed by atoms with E-state index in [0.29, 0.717) is 6.42 Å². The van der Waals surface area contributed by atoms with Crippen molar-refractivity contribution in [2.24, 2.45) is 5.92 Å². The molecule has 1 aromatic carbocycles. The first-order chi connectivity index (χ1) is 18.0. The summed E-state index contributed by atoms with van der Waals surface area (Å²) in [6.45, 7) is 8.54. The molecular formula is C27H41N3O8S. The molecule has 0 unspecified atom stereocenters. The summed E-state index contributed by atoms with van der Waals surface area (Å²) < 4.78 is 33.4. The van der Waals surface area contributed by atoms with Gasteiger partial charge in [0.2, 0.25) is 11.8 Å². The summed E-state index contributed by atoms with van der Waals surface area (Å²) in [5.74, 6) is -1.63. The van der Waals surface area contributed by atoms with Crippen molar-refractivity contribution >= 4 is 33.7 Å². The lowest BCUT2D eigenvalue weighted by Gasteiger charge is -2.22. The van der Waals surface area contributed by atoms with E-state index in [0.717, 1.165) is 17.2 Å². The zero-order valence-electron chi connectivity index (χ0n) is 23.5. The minimum Gasteiger partial charge on any atom is -0.460 e. The van der Waals surface area contributed by atoms with E-state index in [1.807, 2.05) is 19.9 Å². The molecule has 218 valence electrons. The van der Waals surface area contributed by atoms with Crippen LogP contribution in [0.15, 0.2) is 41.8 Å². The summed E-state index contributed by atoms with van der Waals surface area (Å²) in [5, 5.41) is 8.60. The Morgan fingerprint density at radius 3 is 2.23 bits per heavy atom. The second-order valence-electron chi connectivity index (χ2n) is 10.6. The Bertz CT molecular complexity index is 1100. The van der Waals surface area contributed by atoms with E-state index in [2.05, 4.69) is 16.0 Å². The van der Waals surface area contributed by atoms with Crippen LogP contribution in [0.1, 0.15) is 59.4 Å². The Labute approximate surface area is 231 Å². The fraction of sp³-hybridized carbons (Fsp3) is 0.556. The highest BCUT2D eigenvalue weighted by atomic mass is 32.2. The summed E-state index contributed by atoms with van der Waals surface area (Å²) >= 11 is 0. The number of ether oxygens (including phenoxy) is 2. The molecule has 0 heterocycles. The Hall–Kier alpha value is -3.41. The number of hydrogen-bond donors (Lipinski definition) is 3. The van der Waals surface area contributed by atoms with Gasteiger partial charge in [0.1, 0.15) is 18.2 Å². The SMILES string of the molecule is CC(C)C[C@@H](/C=C/S(C)(=O)=O)NC(=O)CNC(=O)[C@H](CCC(=O)OC(C)(C)C)NC(=O)OCc1ccccc1. The van der Waals surface area contributed by atoms with Gasteiger partial charge in [-0.2, -0.15) is 0 Å². The third-order valence-electron chi connectivity index (χ3n) is 4.93. The lowest BCUT2D eigenvalue weighted by Crippen LogP contribution is -2.50. The van der Waals surface area contributed by atoms with Crippen LogP contribution in [0.25, 0.3) is 0 Å². The largest absolute Gasteiger partial charge is 0.460 e. The summed E-state index contributed by atoms with van der Waals surface area (Å²) in [5.41, 5.74) is 0.0347. The van der Waals surface area contributed by atoms with Crippen molar-refractivity contribution in [3.8, 4) is 0 Å². The van der Waals surface area contributed by atoms with Crippen LogP contribution in [0.5, 0.6) is 0 Å². The van der Waals surface area contributed by atoms with E-state index in [1.54, 1.807) is 45.0 Å². The third kappa shape index (κ3) is 16.9. The minimum atomic E-state index is -3.38. The van der Waals surface area contributed by atoms with Gasteiger partial charge in [-0.25, -0.2) is 13.2 Å². The van der Waals surface area contributed by atoms with Crippen LogP contribution in [0.3, 0.4) is 0 Å². The number of alkyl carbamates (subject to hydrolysis) is 1. The molecule has 0 aliphatic carbocycles. The molecule has 0 fully saturated rings. The van der Waals surface area contributed by atoms with E-state index < -0.39 is 57.9 Å². The molecule has 0 aromatic heterocycles. The molecule has 3 amide bonds. The molecule has 1 rings (SSSR count). The van der Waals surface area contributed by atoms with Crippen LogP contribution >= 0.6 is 0 Å². The van der Waals surface area contributed by atoms with Gasteiger partial charge in [0.25, 0.3) is 0 Å². The average Bonchev–Trinajstić information content (AvgIpc) is 2.81. The molecule has 39 heavy (non-hydrogen) atoms. The van der Waals surface area contributed by atoms with Crippen molar-refractivity contribution in [2.75, 3.05) is 12.8 Å². The number of carbonyl (C=O) groups excluding carboxylic acids is 4. The van der Waals surface area contributed by atoms with Crippen LogP contribution in [-0.4, -0.2) is 62.8 Å². The first-order valence-corrected chi connectivity index (χ1v) is 14.6. The van der Waals surface area contributed by atoms with Gasteiger partial charge < -0.3 is 25.4 Å². The Kier molecular flexibility index (Phi) is 13.7. The number of esters is 1. The quantitative estimate of drug-likeness (QED) is 0.290. The molecule has 1 aromatic rings. The van der Waals surface area contributed by atoms with Crippen molar-refractivity contribution in [1.29, 1.82) is 0 Å². The molecule has 11 nitrogen and oxygen atoms in total. The van der Waals surface area contributed by atoms with Gasteiger partial charge in [-0.15, -0.1) is 0 Å². The lowest BCUT2D eigenvalue weighted by molar-refractivity contribution is -0.155. The standard InChI is InChI=1S/C27H41N3O8S/c1-19(2)16-21(14-15-39(6,35)36)29-23(31)17-28-25(33)22(12-13-24(32)38-27(3,4)5)30-26(34)37-18-20-10-8-7-9-11-20/h7-11,14-15,19,21-22H,12-13,16-18H2,1-6H3,(H,28,33)(H,29,31)(H,30,34)/b15-14+/t21-,22+/m1/s1. The van der Waals surface area contributed by atoms with Gasteiger partial charge in [-0.1, -0.05) is 50.3 Å². The fourth-order valence-corrected chi connectivity index (χ4v) is 3.79. The maximum atomic E-state index is 12.9. The van der Waals surface area contributed by atoms with E-state index in [-0.39, 0.29) is 25.4 Å². The maximum Gasteiger partial charge on any atom is 0.408 e. The zero-order valence-corrected chi connectivity index (χ0v) is 24.3. The van der Waals surface area contributed by atoms with Crippen LogP contribution < -0.4 is 16.0 Å². The Balaban J connectivity index is 2.80. The molecule has 12 heteroatoms. The number of amides is 3. The molecule has 3 N–H and O–H groups in total. The molecule has 0 saturated carbocycles. The molecule has 0 aliphatic rings. The topological polar surface area (TPSA) is 157 Å². The maximum absolute atomic E-state index is 12.9. The number of hydrogen-bond acceptors (Lipinski definition) is 8. The van der Waals surface area contributed by atoms with Crippen molar-refractivity contribution in [3.05, 3.63) is 47.4 Å². The van der Waals surface area contributed by atoms with Crippen LogP contribution in [0.2, 0.25) is 0 Å². The highest BCUT2D eigenvalue weighted by molar-refractivity contribution is 7.93. The summed E-state index contributed by atoms with van der Waals surface area (Å²) in [6, 6.07) is 7.22. The first-order valence-electron chi connectivity index (χ1n) is 12.7. The van der Waals surface area contributed by atoms with E-state index in [1.165, 1.54) is 6.08 Å². The molecule has 0 aliphatic heterocycles. The highest BCUT2D eigenvalue weighted by Gasteiger charge is 2.25. The predicted octanol–water partition coefficient (Wildman–Crippen LogP) is 2.61. The van der Waals surface area contributed by atoms with E-state index in [4.69, 9.17) is 9.47 Å². The smallest absolute Gasteiger partial charge is 0.408 e. The second kappa shape index (κ2) is 15.9. The predicted molar refractivity (Wildman–Crippen MR) is 147 cm³/mol. The summed E-state index contributed by atoms with van der Waals surface area (Å²) in [4.78, 5) is 49.9. The van der Waals surface area contributed by atoms with Gasteiger partial charge in [0, 0.05) is 24.1 Å². The van der Waals surface area contributed by atoms with Crippen LogP contribution in [0, 0.1) is 5.92 Å². The molecule has 0 saturated heterocycles. The highest BCUT2D eigenvalue weighted by Crippen LogP contribution is 2.11. The number of carbonyl (C=O) groups is 4. The third-order valence-corrected chi connectivity index (χ3v) is 5.58. The molecule has 0 radical (unpaired) electrons. The van der Waals surface area contributed by atoms with Gasteiger partial charge in [-0.05, 0) is 45.1 Å². The normalized spacial score (nSPS) is 13.4. The lowest BCUT2D eigenvalue weighted by atomic mass is 10.0. The van der Waals surface area contributed by atoms with E-state index >= 15 is 0 Å². The molecule has 0 spiro atoms. The van der Waals surface area contributed by atoms with Crippen molar-refractivity contribution < 1.29 is 37.1 Å². The first kappa shape index (κ1) is 33.6. The fourth-order valence-electron chi connectivity index (χ4n) is 3.31. The molecular weight excluding hydrogens is 526 g/mol.